The lowest BCUT2D eigenvalue weighted by Gasteiger charge is -2.10. The van der Waals surface area contributed by atoms with Crippen LogP contribution in [0.3, 0.4) is 0 Å². The molecule has 0 bridgehead atoms. The topological polar surface area (TPSA) is 111 Å². The van der Waals surface area contributed by atoms with Crippen molar-refractivity contribution in [3.8, 4) is 6.01 Å². The number of ether oxygens (including phenoxy) is 2. The second-order valence-corrected chi connectivity index (χ2v) is 6.50. The molecule has 0 aliphatic heterocycles. The van der Waals surface area contributed by atoms with Crippen LogP contribution in [0.1, 0.15) is 11.1 Å². The van der Waals surface area contributed by atoms with Crippen LogP contribution in [-0.2, 0) is 17.8 Å². The summed E-state index contributed by atoms with van der Waals surface area (Å²) in [5, 5.41) is 0. The number of imidazole rings is 1. The predicted octanol–water partition coefficient (Wildman–Crippen LogP) is 0.837. The van der Waals surface area contributed by atoms with E-state index in [1.807, 2.05) is 26.2 Å². The van der Waals surface area contributed by atoms with E-state index < -0.39 is 0 Å². The van der Waals surface area contributed by atoms with Gasteiger partial charge in [0.2, 0.25) is 0 Å². The van der Waals surface area contributed by atoms with Gasteiger partial charge >= 0.3 is 11.7 Å². The molecule has 0 amide bonds. The van der Waals surface area contributed by atoms with E-state index in [0.717, 1.165) is 12.1 Å². The Kier molecular flexibility index (Phi) is 5.72. The highest BCUT2D eigenvalue weighted by molar-refractivity contribution is 5.81. The number of methoxy groups -OCH3 is 1. The maximum absolute atomic E-state index is 12.4. The Morgan fingerprint density at radius 3 is 2.52 bits per heavy atom. The van der Waals surface area contributed by atoms with E-state index in [1.165, 1.54) is 10.1 Å². The van der Waals surface area contributed by atoms with Crippen molar-refractivity contribution in [3.05, 3.63) is 45.9 Å². The molecule has 3 rings (SSSR count). The van der Waals surface area contributed by atoms with E-state index in [1.54, 1.807) is 7.11 Å². The van der Waals surface area contributed by atoms with Crippen molar-refractivity contribution in [2.75, 3.05) is 40.2 Å². The van der Waals surface area contributed by atoms with Gasteiger partial charge in [0.1, 0.15) is 12.1 Å². The summed E-state index contributed by atoms with van der Waals surface area (Å²) in [5.74, 6) is 0.171. The number of benzene rings is 1. The van der Waals surface area contributed by atoms with Crippen LogP contribution in [0.5, 0.6) is 6.01 Å². The normalized spacial score (nSPS) is 11.4. The van der Waals surface area contributed by atoms with Crippen molar-refractivity contribution >= 4 is 17.0 Å². The Morgan fingerprint density at radius 2 is 1.85 bits per heavy atom. The highest BCUT2D eigenvalue weighted by Gasteiger charge is 2.15. The number of rotatable bonds is 8. The maximum Gasteiger partial charge on any atom is 0.328 e. The lowest BCUT2D eigenvalue weighted by Crippen LogP contribution is -2.18. The van der Waals surface area contributed by atoms with E-state index in [2.05, 4.69) is 32.0 Å². The number of fused-ring (bicyclic) bond motifs is 1. The van der Waals surface area contributed by atoms with E-state index in [-0.39, 0.29) is 17.5 Å². The number of anilines is 1. The average molecular weight is 372 g/mol. The largest absolute Gasteiger partial charge is 0.461 e. The van der Waals surface area contributed by atoms with Crippen LogP contribution in [0.25, 0.3) is 11.2 Å². The minimum absolute atomic E-state index is 0.117. The summed E-state index contributed by atoms with van der Waals surface area (Å²) in [4.78, 5) is 25.6. The van der Waals surface area contributed by atoms with Crippen molar-refractivity contribution in [2.24, 2.45) is 0 Å². The van der Waals surface area contributed by atoms with Gasteiger partial charge < -0.3 is 25.1 Å². The van der Waals surface area contributed by atoms with E-state index in [9.17, 15) is 4.79 Å². The van der Waals surface area contributed by atoms with E-state index >= 15 is 0 Å². The van der Waals surface area contributed by atoms with E-state index in [0.29, 0.717) is 30.9 Å². The summed E-state index contributed by atoms with van der Waals surface area (Å²) in [6.45, 7) is 1.93. The standard InChI is InChI=1S/C18H24N6O3/c1-23(2)10-12-4-6-13(7-5-12)11-24-16-14(20-18(24)25)15(19)21-17(22-16)27-9-8-26-3/h4-7H,8-11H2,1-3H3,(H,20,25)(H2,19,21,22). The van der Waals surface area contributed by atoms with Gasteiger partial charge in [-0.2, -0.15) is 9.97 Å². The molecule has 3 N–H and O–H groups in total. The van der Waals surface area contributed by atoms with Gasteiger partial charge in [0, 0.05) is 13.7 Å². The number of H-pyrrole nitrogens is 1. The molecule has 1 aromatic carbocycles. The summed E-state index contributed by atoms with van der Waals surface area (Å²) >= 11 is 0. The molecule has 27 heavy (non-hydrogen) atoms. The van der Waals surface area contributed by atoms with Crippen molar-refractivity contribution < 1.29 is 9.47 Å². The fourth-order valence-corrected chi connectivity index (χ4v) is 2.76. The van der Waals surface area contributed by atoms with E-state index in [4.69, 9.17) is 15.2 Å². The Morgan fingerprint density at radius 1 is 1.15 bits per heavy atom. The second kappa shape index (κ2) is 8.19. The first-order valence-corrected chi connectivity index (χ1v) is 8.58. The Hall–Kier alpha value is -2.91. The van der Waals surface area contributed by atoms with Gasteiger partial charge in [-0.3, -0.25) is 4.57 Å². The Bertz CT molecular complexity index is 962. The summed E-state index contributed by atoms with van der Waals surface area (Å²) in [7, 11) is 5.63. The molecule has 0 unspecified atom stereocenters. The molecule has 0 aliphatic rings. The van der Waals surface area contributed by atoms with Crippen molar-refractivity contribution in [1.82, 2.24) is 24.4 Å². The van der Waals surface area contributed by atoms with Gasteiger partial charge in [0.15, 0.2) is 11.5 Å². The number of hydrogen-bond acceptors (Lipinski definition) is 7. The lowest BCUT2D eigenvalue weighted by molar-refractivity contribution is 0.141. The van der Waals surface area contributed by atoms with Crippen LogP contribution in [0.15, 0.2) is 29.1 Å². The number of hydrogen-bond donors (Lipinski definition) is 2. The van der Waals surface area contributed by atoms with Crippen LogP contribution in [0.2, 0.25) is 0 Å². The number of aromatic nitrogens is 4. The molecule has 2 heterocycles. The Balaban J connectivity index is 1.89. The number of nitrogens with zero attached hydrogens (tertiary/aromatic N) is 4. The summed E-state index contributed by atoms with van der Waals surface area (Å²) in [6, 6.07) is 8.23. The first-order chi connectivity index (χ1) is 13.0. The molecule has 9 nitrogen and oxygen atoms in total. The van der Waals surface area contributed by atoms with Crippen LogP contribution in [-0.4, -0.2) is 58.8 Å². The minimum Gasteiger partial charge on any atom is -0.461 e. The fraction of sp³-hybridized carbons (Fsp3) is 0.389. The van der Waals surface area contributed by atoms with Crippen molar-refractivity contribution in [3.63, 3.8) is 0 Å². The SMILES string of the molecule is COCCOc1nc(N)c2[nH]c(=O)n(Cc3ccc(CN(C)C)cc3)c2n1. The van der Waals surface area contributed by atoms with Crippen LogP contribution < -0.4 is 16.2 Å². The van der Waals surface area contributed by atoms with Crippen LogP contribution in [0.4, 0.5) is 5.82 Å². The number of nitrogens with two attached hydrogens (primary N) is 1. The van der Waals surface area contributed by atoms with Gasteiger partial charge in [0.05, 0.1) is 13.2 Å². The molecule has 0 atom stereocenters. The fourth-order valence-electron chi connectivity index (χ4n) is 2.76. The maximum atomic E-state index is 12.4. The molecule has 0 fully saturated rings. The molecular formula is C18H24N6O3. The second-order valence-electron chi connectivity index (χ2n) is 6.50. The number of nitrogens with one attached hydrogen (secondary N) is 1. The molecule has 0 radical (unpaired) electrons. The molecule has 2 aromatic heterocycles. The summed E-state index contributed by atoms with van der Waals surface area (Å²) in [6.07, 6.45) is 0. The molecule has 9 heteroatoms. The van der Waals surface area contributed by atoms with Crippen molar-refractivity contribution in [1.29, 1.82) is 0 Å². The number of nitrogen functional groups attached to an aromatic ring is 1. The molecule has 0 saturated carbocycles. The molecule has 0 spiro atoms. The molecule has 0 saturated heterocycles. The third-order valence-corrected chi connectivity index (χ3v) is 4.01. The summed E-state index contributed by atoms with van der Waals surface area (Å²) < 4.78 is 11.9. The average Bonchev–Trinajstić information content (AvgIpc) is 2.93. The lowest BCUT2D eigenvalue weighted by atomic mass is 10.1. The van der Waals surface area contributed by atoms with Crippen LogP contribution >= 0.6 is 0 Å². The van der Waals surface area contributed by atoms with Gasteiger partial charge in [0.25, 0.3) is 0 Å². The molecule has 0 aliphatic carbocycles. The quantitative estimate of drug-likeness (QED) is 0.564. The zero-order valence-electron chi connectivity index (χ0n) is 15.7. The first-order valence-electron chi connectivity index (χ1n) is 8.58. The summed E-state index contributed by atoms with van der Waals surface area (Å²) in [5.41, 5.74) is 8.67. The third-order valence-electron chi connectivity index (χ3n) is 4.01. The van der Waals surface area contributed by atoms with Gasteiger partial charge in [-0.05, 0) is 25.2 Å². The zero-order chi connectivity index (χ0) is 19.4. The predicted molar refractivity (Wildman–Crippen MR) is 103 cm³/mol. The molecule has 3 aromatic rings. The minimum atomic E-state index is -0.294. The molecule has 144 valence electrons. The van der Waals surface area contributed by atoms with Gasteiger partial charge in [-0.1, -0.05) is 24.3 Å². The van der Waals surface area contributed by atoms with Crippen molar-refractivity contribution in [2.45, 2.75) is 13.1 Å². The zero-order valence-corrected chi connectivity index (χ0v) is 15.7. The third kappa shape index (κ3) is 4.44. The van der Waals surface area contributed by atoms with Gasteiger partial charge in [-0.25, -0.2) is 4.79 Å². The smallest absolute Gasteiger partial charge is 0.328 e. The first kappa shape index (κ1) is 18.9. The highest BCUT2D eigenvalue weighted by atomic mass is 16.5. The highest BCUT2D eigenvalue weighted by Crippen LogP contribution is 2.18. The Labute approximate surface area is 156 Å². The number of aromatic amines is 1. The van der Waals surface area contributed by atoms with Gasteiger partial charge in [-0.15, -0.1) is 0 Å². The monoisotopic (exact) mass is 372 g/mol. The van der Waals surface area contributed by atoms with Crippen LogP contribution in [0, 0.1) is 0 Å². The molecular weight excluding hydrogens is 348 g/mol.